The lowest BCUT2D eigenvalue weighted by atomic mass is 9.44. The molecule has 2 unspecified atom stereocenters. The number of hydrogen-bond acceptors (Lipinski definition) is 5. The van der Waals surface area contributed by atoms with E-state index in [1.54, 1.807) is 13.8 Å². The number of hydrogen-bond donors (Lipinski definition) is 3. The molecular weight excluding hydrogens is 418 g/mol. The molecule has 3 fully saturated rings. The molecule has 0 aliphatic heterocycles. The second-order valence-electron chi connectivity index (χ2n) is 9.96. The monoisotopic (exact) mass is 444 g/mol. The number of fused-ring (bicyclic) bond motifs is 5. The number of ketones is 2. The quantitative estimate of drug-likeness (QED) is 0.608. The van der Waals surface area contributed by atoms with Gasteiger partial charge in [0.25, 0.3) is 0 Å². The zero-order valence-electron chi connectivity index (χ0n) is 17.2. The van der Waals surface area contributed by atoms with E-state index in [1.807, 2.05) is 0 Å². The van der Waals surface area contributed by atoms with Crippen molar-refractivity contribution in [2.24, 2.45) is 28.6 Å². The highest BCUT2D eigenvalue weighted by Crippen LogP contribution is 2.71. The Labute approximate surface area is 178 Å². The summed E-state index contributed by atoms with van der Waals surface area (Å²) in [4.78, 5) is 24.6. The predicted octanol–water partition coefficient (Wildman–Crippen LogP) is 2.41. The molecule has 4 aliphatic rings. The second kappa shape index (κ2) is 6.44. The Morgan fingerprint density at radius 1 is 1.30 bits per heavy atom. The maximum atomic E-state index is 17.0. The van der Waals surface area contributed by atoms with Gasteiger partial charge in [-0.05, 0) is 55.7 Å². The maximum absolute atomic E-state index is 17.0. The van der Waals surface area contributed by atoms with Crippen molar-refractivity contribution in [2.75, 3.05) is 6.61 Å². The van der Waals surface area contributed by atoms with Crippen molar-refractivity contribution < 1.29 is 33.7 Å². The van der Waals surface area contributed by atoms with Gasteiger partial charge in [-0.25, -0.2) is 8.78 Å². The summed E-state index contributed by atoms with van der Waals surface area (Å²) < 4.78 is 32.3. The summed E-state index contributed by atoms with van der Waals surface area (Å²) in [5, 5.41) is 31.7. The molecule has 0 aromatic rings. The van der Waals surface area contributed by atoms with E-state index in [-0.39, 0.29) is 29.9 Å². The summed E-state index contributed by atoms with van der Waals surface area (Å²) in [6.45, 7) is 3.84. The van der Waals surface area contributed by atoms with Crippen LogP contribution < -0.4 is 0 Å². The fraction of sp³-hybridized carbons (Fsp3) is 0.727. The molecule has 0 amide bonds. The van der Waals surface area contributed by atoms with Crippen LogP contribution in [0.2, 0.25) is 0 Å². The van der Waals surface area contributed by atoms with Gasteiger partial charge in [0.1, 0.15) is 18.4 Å². The topological polar surface area (TPSA) is 94.8 Å². The molecule has 0 bridgehead atoms. The summed E-state index contributed by atoms with van der Waals surface area (Å²) in [7, 11) is 0. The molecule has 166 valence electrons. The van der Waals surface area contributed by atoms with Crippen LogP contribution in [-0.2, 0) is 9.59 Å². The van der Waals surface area contributed by atoms with Crippen molar-refractivity contribution >= 4 is 23.2 Å². The van der Waals surface area contributed by atoms with Crippen LogP contribution in [0.1, 0.15) is 40.0 Å². The number of Topliss-reactive ketones (excluding diaryl/α,β-unsaturated/α-hetero) is 1. The molecule has 0 aromatic carbocycles. The summed E-state index contributed by atoms with van der Waals surface area (Å²) in [5.74, 6) is -3.59. The van der Waals surface area contributed by atoms with E-state index in [2.05, 4.69) is 0 Å². The first-order valence-electron chi connectivity index (χ1n) is 10.3. The highest BCUT2D eigenvalue weighted by atomic mass is 35.5. The molecule has 4 rings (SSSR count). The molecule has 0 saturated heterocycles. The van der Waals surface area contributed by atoms with Crippen LogP contribution >= 0.6 is 11.6 Å². The molecule has 3 N–H and O–H groups in total. The highest BCUT2D eigenvalue weighted by Gasteiger charge is 2.76. The Hall–Kier alpha value is -1.15. The molecule has 0 radical (unpaired) electrons. The lowest BCUT2D eigenvalue weighted by Crippen LogP contribution is -2.70. The van der Waals surface area contributed by atoms with Crippen LogP contribution in [0.3, 0.4) is 0 Å². The Kier molecular flexibility index (Phi) is 4.73. The lowest BCUT2D eigenvalue weighted by molar-refractivity contribution is -0.223. The highest BCUT2D eigenvalue weighted by molar-refractivity contribution is 6.44. The van der Waals surface area contributed by atoms with Gasteiger partial charge in [0, 0.05) is 16.7 Å². The summed E-state index contributed by atoms with van der Waals surface area (Å²) in [6, 6.07) is 0. The van der Waals surface area contributed by atoms with Crippen molar-refractivity contribution in [3.05, 3.63) is 22.8 Å². The third-order valence-electron chi connectivity index (χ3n) is 8.84. The van der Waals surface area contributed by atoms with Crippen LogP contribution in [0.4, 0.5) is 8.78 Å². The van der Waals surface area contributed by atoms with Gasteiger partial charge in [-0.1, -0.05) is 25.4 Å². The van der Waals surface area contributed by atoms with Crippen molar-refractivity contribution in [3.63, 3.8) is 0 Å². The second-order valence-corrected chi connectivity index (χ2v) is 10.4. The van der Waals surface area contributed by atoms with E-state index >= 15 is 8.78 Å². The minimum atomic E-state index is -2.33. The first-order valence-corrected chi connectivity index (χ1v) is 10.7. The SMILES string of the molecule is C[C@H]1CC2C3C[C@H](F)C4=CC(=O)C(Cl)=C[C@]4(C)[C@@]3(F)[C@@H](O)C[C@]2(C)[C@@]1(O)C(=O)CO. The van der Waals surface area contributed by atoms with E-state index < -0.39 is 70.3 Å². The number of carbonyl (C=O) groups excluding carboxylic acids is 2. The number of aliphatic hydroxyl groups excluding tert-OH is 2. The van der Waals surface area contributed by atoms with Crippen LogP contribution in [0.15, 0.2) is 22.8 Å². The zero-order valence-corrected chi connectivity index (χ0v) is 17.9. The molecule has 0 heterocycles. The molecule has 0 spiro atoms. The van der Waals surface area contributed by atoms with Crippen molar-refractivity contribution in [3.8, 4) is 0 Å². The van der Waals surface area contributed by atoms with Crippen molar-refractivity contribution in [1.82, 2.24) is 0 Å². The minimum absolute atomic E-state index is 0.0361. The van der Waals surface area contributed by atoms with Gasteiger partial charge in [-0.2, -0.15) is 0 Å². The molecule has 30 heavy (non-hydrogen) atoms. The Morgan fingerprint density at radius 3 is 2.53 bits per heavy atom. The van der Waals surface area contributed by atoms with Crippen LogP contribution in [0.5, 0.6) is 0 Å². The normalized spacial score (nSPS) is 52.7. The predicted molar refractivity (Wildman–Crippen MR) is 105 cm³/mol. The van der Waals surface area contributed by atoms with Crippen LogP contribution in [0, 0.1) is 28.6 Å². The minimum Gasteiger partial charge on any atom is -0.390 e. The average molecular weight is 445 g/mol. The number of halogens is 3. The standard InChI is InChI=1S/C22H27ClF2O5/c1-10-4-11-12-5-15(24)13-6-16(27)14(23)7-19(13,2)21(12,25)17(28)8-20(11,3)22(10,30)18(29)9-26/h6-7,10-12,15,17,26,28,30H,4-5,8-9H2,1-3H3/t10-,11?,12?,15-,17-,19-,20-,21-,22-/m0/s1. The van der Waals surface area contributed by atoms with Crippen molar-refractivity contribution in [2.45, 2.75) is 63.6 Å². The van der Waals surface area contributed by atoms with Gasteiger partial charge < -0.3 is 15.3 Å². The van der Waals surface area contributed by atoms with E-state index in [9.17, 15) is 24.9 Å². The Balaban J connectivity index is 1.89. The van der Waals surface area contributed by atoms with E-state index in [4.69, 9.17) is 11.6 Å². The number of aliphatic hydroxyl groups is 3. The van der Waals surface area contributed by atoms with Gasteiger partial charge in [-0.15, -0.1) is 0 Å². The molecule has 8 heteroatoms. The molecule has 3 saturated carbocycles. The van der Waals surface area contributed by atoms with Gasteiger partial charge in [0.2, 0.25) is 0 Å². The zero-order chi connectivity index (χ0) is 22.4. The average Bonchev–Trinajstić information content (AvgIpc) is 2.87. The summed E-state index contributed by atoms with van der Waals surface area (Å²) in [6.07, 6.45) is -1.28. The Bertz CT molecular complexity index is 889. The molecular formula is C22H27ClF2O5. The Morgan fingerprint density at radius 2 is 1.93 bits per heavy atom. The first-order chi connectivity index (χ1) is 13.8. The van der Waals surface area contributed by atoms with E-state index in [0.29, 0.717) is 0 Å². The van der Waals surface area contributed by atoms with Gasteiger partial charge in [0.15, 0.2) is 17.2 Å². The number of rotatable bonds is 2. The fourth-order valence-corrected chi connectivity index (χ4v) is 7.58. The van der Waals surface area contributed by atoms with Crippen LogP contribution in [-0.4, -0.2) is 57.0 Å². The summed E-state index contributed by atoms with van der Waals surface area (Å²) >= 11 is 6.02. The third-order valence-corrected chi connectivity index (χ3v) is 9.13. The molecule has 4 aliphatic carbocycles. The number of alkyl halides is 2. The van der Waals surface area contributed by atoms with Crippen molar-refractivity contribution in [1.29, 1.82) is 0 Å². The largest absolute Gasteiger partial charge is 0.390 e. The lowest BCUT2D eigenvalue weighted by Gasteiger charge is -2.63. The number of carbonyl (C=O) groups is 2. The van der Waals surface area contributed by atoms with E-state index in [1.165, 1.54) is 13.0 Å². The van der Waals surface area contributed by atoms with Gasteiger partial charge in [0.05, 0.1) is 11.1 Å². The maximum Gasteiger partial charge on any atom is 0.196 e. The smallest absolute Gasteiger partial charge is 0.196 e. The first kappa shape index (κ1) is 22.1. The molecule has 5 nitrogen and oxygen atoms in total. The van der Waals surface area contributed by atoms with E-state index in [0.717, 1.165) is 6.08 Å². The van der Waals surface area contributed by atoms with Gasteiger partial charge >= 0.3 is 0 Å². The third kappa shape index (κ3) is 2.27. The summed E-state index contributed by atoms with van der Waals surface area (Å²) in [5.41, 5.74) is -7.19. The van der Waals surface area contributed by atoms with Gasteiger partial charge in [-0.3, -0.25) is 9.59 Å². The number of allylic oxidation sites excluding steroid dienone is 4. The molecule has 0 aromatic heterocycles. The fourth-order valence-electron chi connectivity index (χ4n) is 7.31. The molecule has 9 atom stereocenters. The van der Waals surface area contributed by atoms with Crippen LogP contribution in [0.25, 0.3) is 0 Å².